The fourth-order valence-electron chi connectivity index (χ4n) is 1.08. The van der Waals surface area contributed by atoms with Crippen LogP contribution < -0.4 is 5.32 Å². The van der Waals surface area contributed by atoms with Gasteiger partial charge in [0.1, 0.15) is 0 Å². The molecule has 1 rings (SSSR count). The molecule has 6 heteroatoms. The summed E-state index contributed by atoms with van der Waals surface area (Å²) >= 11 is 11.8. The van der Waals surface area contributed by atoms with E-state index in [9.17, 15) is 9.59 Å². The van der Waals surface area contributed by atoms with Crippen LogP contribution >= 0.6 is 23.2 Å². The summed E-state index contributed by atoms with van der Waals surface area (Å²) < 4.78 is 0. The van der Waals surface area contributed by atoms with E-state index in [1.165, 1.54) is 0 Å². The molecule has 0 aliphatic rings. The van der Waals surface area contributed by atoms with E-state index in [-0.39, 0.29) is 10.7 Å². The monoisotopic (exact) mass is 273 g/mol. The largest absolute Gasteiger partial charge is 0.478 e. The van der Waals surface area contributed by atoms with E-state index in [4.69, 9.17) is 28.3 Å². The first-order chi connectivity index (χ1) is 7.91. The summed E-state index contributed by atoms with van der Waals surface area (Å²) in [5.74, 6) is -1.82. The van der Waals surface area contributed by atoms with Crippen LogP contribution in [0, 0.1) is 6.92 Å². The van der Waals surface area contributed by atoms with Crippen molar-refractivity contribution in [1.29, 1.82) is 0 Å². The zero-order chi connectivity index (χ0) is 13.0. The Morgan fingerprint density at radius 3 is 2.53 bits per heavy atom. The number of carboxylic acid groups (broad SMARTS) is 1. The van der Waals surface area contributed by atoms with E-state index >= 15 is 0 Å². The van der Waals surface area contributed by atoms with Gasteiger partial charge in [-0.25, -0.2) is 4.79 Å². The zero-order valence-corrected chi connectivity index (χ0v) is 10.3. The van der Waals surface area contributed by atoms with Crippen molar-refractivity contribution in [3.8, 4) is 0 Å². The molecule has 0 unspecified atom stereocenters. The molecule has 0 radical (unpaired) electrons. The van der Waals surface area contributed by atoms with Gasteiger partial charge in [-0.15, -0.1) is 0 Å². The smallest absolute Gasteiger partial charge is 0.328 e. The van der Waals surface area contributed by atoms with Crippen molar-refractivity contribution >= 4 is 40.8 Å². The molecule has 0 heterocycles. The van der Waals surface area contributed by atoms with E-state index in [1.807, 2.05) is 0 Å². The van der Waals surface area contributed by atoms with Crippen molar-refractivity contribution in [3.63, 3.8) is 0 Å². The lowest BCUT2D eigenvalue weighted by Crippen LogP contribution is -2.10. The minimum atomic E-state index is -1.21. The lowest BCUT2D eigenvalue weighted by molar-refractivity contribution is -0.131. The molecule has 1 amide bonds. The van der Waals surface area contributed by atoms with Crippen molar-refractivity contribution < 1.29 is 14.7 Å². The SMILES string of the molecule is Cc1ccc(Cl)c(NC(=O)/C=C/C(=O)O)c1Cl. The van der Waals surface area contributed by atoms with Crippen molar-refractivity contribution in [3.05, 3.63) is 39.9 Å². The predicted octanol–water partition coefficient (Wildman–Crippen LogP) is 2.88. The molecule has 0 fully saturated rings. The summed E-state index contributed by atoms with van der Waals surface area (Å²) in [7, 11) is 0. The van der Waals surface area contributed by atoms with Gasteiger partial charge in [0, 0.05) is 12.2 Å². The third kappa shape index (κ3) is 3.76. The van der Waals surface area contributed by atoms with Gasteiger partial charge in [0.25, 0.3) is 0 Å². The third-order valence-electron chi connectivity index (χ3n) is 1.91. The normalized spacial score (nSPS) is 10.5. The van der Waals surface area contributed by atoms with E-state index in [0.29, 0.717) is 5.02 Å². The fourth-order valence-corrected chi connectivity index (χ4v) is 1.55. The molecule has 90 valence electrons. The lowest BCUT2D eigenvalue weighted by Gasteiger charge is -2.09. The first-order valence-electron chi connectivity index (χ1n) is 4.58. The standard InChI is InChI=1S/C11H9Cl2NO3/c1-6-2-3-7(12)11(10(6)13)14-8(15)4-5-9(16)17/h2-5H,1H3,(H,14,15)(H,16,17)/b5-4+. The van der Waals surface area contributed by atoms with Gasteiger partial charge in [-0.2, -0.15) is 0 Å². The number of carbonyl (C=O) groups excluding carboxylic acids is 1. The maximum Gasteiger partial charge on any atom is 0.328 e. The molecule has 17 heavy (non-hydrogen) atoms. The number of carboxylic acids is 1. The molecule has 4 nitrogen and oxygen atoms in total. The summed E-state index contributed by atoms with van der Waals surface area (Å²) in [5.41, 5.74) is 1.03. The van der Waals surface area contributed by atoms with Gasteiger partial charge in [-0.05, 0) is 18.6 Å². The first-order valence-corrected chi connectivity index (χ1v) is 5.34. The van der Waals surface area contributed by atoms with Crippen molar-refractivity contribution in [2.75, 3.05) is 5.32 Å². The molecule has 0 aliphatic carbocycles. The highest BCUT2D eigenvalue weighted by molar-refractivity contribution is 6.40. The molecule has 0 saturated carbocycles. The lowest BCUT2D eigenvalue weighted by atomic mass is 10.2. The number of rotatable bonds is 3. The first kappa shape index (κ1) is 13.5. The summed E-state index contributed by atoms with van der Waals surface area (Å²) in [5, 5.41) is 11.4. The van der Waals surface area contributed by atoms with E-state index in [2.05, 4.69) is 5.32 Å². The van der Waals surface area contributed by atoms with Crippen LogP contribution in [-0.2, 0) is 9.59 Å². The van der Waals surface area contributed by atoms with Crippen molar-refractivity contribution in [1.82, 2.24) is 0 Å². The number of anilines is 1. The number of nitrogens with one attached hydrogen (secondary N) is 1. The molecule has 0 atom stereocenters. The quantitative estimate of drug-likeness (QED) is 0.833. The molecule has 0 aliphatic heterocycles. The van der Waals surface area contributed by atoms with Crippen LogP contribution in [0.2, 0.25) is 10.0 Å². The molecular formula is C11H9Cl2NO3. The maximum absolute atomic E-state index is 11.4. The topological polar surface area (TPSA) is 66.4 Å². The van der Waals surface area contributed by atoms with Crippen LogP contribution in [0.4, 0.5) is 5.69 Å². The highest BCUT2D eigenvalue weighted by Gasteiger charge is 2.10. The Kier molecular flexibility index (Phi) is 4.54. The number of hydrogen-bond donors (Lipinski definition) is 2. The Morgan fingerprint density at radius 2 is 1.94 bits per heavy atom. The minimum Gasteiger partial charge on any atom is -0.478 e. The summed E-state index contributed by atoms with van der Waals surface area (Å²) in [4.78, 5) is 21.6. The average molecular weight is 274 g/mol. The average Bonchev–Trinajstić information content (AvgIpc) is 2.27. The van der Waals surface area contributed by atoms with Gasteiger partial charge in [0.15, 0.2) is 0 Å². The number of hydrogen-bond acceptors (Lipinski definition) is 2. The van der Waals surface area contributed by atoms with Gasteiger partial charge < -0.3 is 10.4 Å². The Balaban J connectivity index is 2.92. The number of amides is 1. The summed E-state index contributed by atoms with van der Waals surface area (Å²) in [6.07, 6.45) is 1.62. The van der Waals surface area contributed by atoms with Crippen LogP contribution in [0.15, 0.2) is 24.3 Å². The highest BCUT2D eigenvalue weighted by Crippen LogP contribution is 2.32. The molecule has 1 aromatic carbocycles. The van der Waals surface area contributed by atoms with Gasteiger partial charge in [0.05, 0.1) is 15.7 Å². The van der Waals surface area contributed by atoms with Crippen LogP contribution in [0.1, 0.15) is 5.56 Å². The maximum atomic E-state index is 11.4. The van der Waals surface area contributed by atoms with E-state index < -0.39 is 11.9 Å². The molecule has 2 N–H and O–H groups in total. The molecule has 0 spiro atoms. The highest BCUT2D eigenvalue weighted by atomic mass is 35.5. The number of halogens is 2. The third-order valence-corrected chi connectivity index (χ3v) is 2.71. The van der Waals surface area contributed by atoms with Crippen LogP contribution in [-0.4, -0.2) is 17.0 Å². The Morgan fingerprint density at radius 1 is 1.29 bits per heavy atom. The second-order valence-corrected chi connectivity index (χ2v) is 4.00. The Labute approximate surface area is 108 Å². The van der Waals surface area contributed by atoms with Gasteiger partial charge in [0.2, 0.25) is 5.91 Å². The van der Waals surface area contributed by atoms with Crippen LogP contribution in [0.25, 0.3) is 0 Å². The van der Waals surface area contributed by atoms with E-state index in [1.54, 1.807) is 19.1 Å². The molecule has 1 aromatic rings. The Hall–Kier alpha value is -1.52. The van der Waals surface area contributed by atoms with Gasteiger partial charge >= 0.3 is 5.97 Å². The molecule has 0 saturated heterocycles. The fraction of sp³-hybridized carbons (Fsp3) is 0.0909. The predicted molar refractivity (Wildman–Crippen MR) is 66.6 cm³/mol. The number of carbonyl (C=O) groups is 2. The second-order valence-electron chi connectivity index (χ2n) is 3.21. The molecule has 0 bridgehead atoms. The van der Waals surface area contributed by atoms with Crippen molar-refractivity contribution in [2.45, 2.75) is 6.92 Å². The number of aliphatic carboxylic acids is 1. The van der Waals surface area contributed by atoms with E-state index in [0.717, 1.165) is 17.7 Å². The van der Waals surface area contributed by atoms with Gasteiger partial charge in [-0.3, -0.25) is 4.79 Å². The Bertz CT molecular complexity index is 498. The van der Waals surface area contributed by atoms with Crippen LogP contribution in [0.5, 0.6) is 0 Å². The summed E-state index contributed by atoms with van der Waals surface area (Å²) in [6.45, 7) is 1.77. The minimum absolute atomic E-state index is 0.272. The number of benzene rings is 1. The van der Waals surface area contributed by atoms with Gasteiger partial charge in [-0.1, -0.05) is 29.3 Å². The molecule has 0 aromatic heterocycles. The zero-order valence-electron chi connectivity index (χ0n) is 8.83. The number of aryl methyl sites for hydroxylation is 1. The molecular weight excluding hydrogens is 265 g/mol. The summed E-state index contributed by atoms with van der Waals surface area (Å²) in [6, 6.07) is 3.31. The second kappa shape index (κ2) is 5.70. The van der Waals surface area contributed by atoms with Crippen LogP contribution in [0.3, 0.4) is 0 Å². The van der Waals surface area contributed by atoms with Crippen molar-refractivity contribution in [2.24, 2.45) is 0 Å².